The van der Waals surface area contributed by atoms with Crippen LogP contribution in [0.2, 0.25) is 0 Å². The van der Waals surface area contributed by atoms with E-state index in [1.165, 1.54) is 11.1 Å². The molecule has 130 valence electrons. The number of methoxy groups -OCH3 is 1. The number of hydrogen-bond donors (Lipinski definition) is 1. The number of pyridine rings is 1. The molecule has 0 spiro atoms. The molecule has 0 saturated carbocycles. The fourth-order valence-electron chi connectivity index (χ4n) is 2.85. The average molecular weight is 327 g/mol. The number of rotatable bonds is 7. The molecule has 0 amide bonds. The molecule has 1 atom stereocenters. The van der Waals surface area contributed by atoms with Gasteiger partial charge in [0.05, 0.1) is 12.8 Å². The topological polar surface area (TPSA) is 51.4 Å². The van der Waals surface area contributed by atoms with E-state index in [-0.39, 0.29) is 0 Å². The van der Waals surface area contributed by atoms with Gasteiger partial charge in [-0.3, -0.25) is 4.90 Å². The van der Waals surface area contributed by atoms with Gasteiger partial charge < -0.3 is 10.5 Å². The van der Waals surface area contributed by atoms with Gasteiger partial charge in [0.2, 0.25) is 0 Å². The molecule has 0 fully saturated rings. The Morgan fingerprint density at radius 1 is 1.21 bits per heavy atom. The van der Waals surface area contributed by atoms with Crippen LogP contribution in [0.4, 0.5) is 5.82 Å². The molecule has 1 unspecified atom stereocenters. The fraction of sp³-hybridized carbons (Fsp3) is 0.450. The largest absolute Gasteiger partial charge is 0.496 e. The number of ether oxygens (including phenoxy) is 1. The Labute approximate surface area is 145 Å². The number of aromatic nitrogens is 1. The quantitative estimate of drug-likeness (QED) is 0.830. The van der Waals surface area contributed by atoms with Crippen molar-refractivity contribution in [2.45, 2.75) is 46.2 Å². The van der Waals surface area contributed by atoms with Crippen molar-refractivity contribution in [3.05, 3.63) is 41.5 Å². The Kier molecular flexibility index (Phi) is 6.21. The summed E-state index contributed by atoms with van der Waals surface area (Å²) >= 11 is 0. The first kappa shape index (κ1) is 18.3. The molecule has 4 nitrogen and oxygen atoms in total. The molecule has 2 rings (SSSR count). The summed E-state index contributed by atoms with van der Waals surface area (Å²) in [5.74, 6) is 1.37. The van der Waals surface area contributed by atoms with E-state index >= 15 is 0 Å². The Morgan fingerprint density at radius 2 is 1.96 bits per heavy atom. The van der Waals surface area contributed by atoms with Crippen molar-refractivity contribution in [3.63, 3.8) is 0 Å². The van der Waals surface area contributed by atoms with Gasteiger partial charge in [-0.15, -0.1) is 0 Å². The third-order valence-corrected chi connectivity index (χ3v) is 4.71. The van der Waals surface area contributed by atoms with Gasteiger partial charge in [-0.2, -0.15) is 0 Å². The van der Waals surface area contributed by atoms with Crippen LogP contribution in [0.15, 0.2) is 30.3 Å². The van der Waals surface area contributed by atoms with E-state index in [9.17, 15) is 0 Å². The number of nitrogen functional groups attached to an aromatic ring is 1. The van der Waals surface area contributed by atoms with Gasteiger partial charge in [0, 0.05) is 18.2 Å². The summed E-state index contributed by atoms with van der Waals surface area (Å²) in [5, 5.41) is 0. The molecule has 0 saturated heterocycles. The second kappa shape index (κ2) is 8.15. The molecule has 2 N–H and O–H groups in total. The molecule has 0 aliphatic carbocycles. The molecule has 0 aliphatic rings. The third-order valence-electron chi connectivity index (χ3n) is 4.71. The zero-order valence-corrected chi connectivity index (χ0v) is 15.5. The minimum absolute atomic E-state index is 0.521. The minimum atomic E-state index is 0.521. The maximum atomic E-state index is 5.84. The number of benzene rings is 1. The van der Waals surface area contributed by atoms with Crippen LogP contribution in [0, 0.1) is 0 Å². The van der Waals surface area contributed by atoms with Crippen LogP contribution in [0.1, 0.15) is 38.3 Å². The number of anilines is 1. The summed E-state index contributed by atoms with van der Waals surface area (Å²) in [6.45, 7) is 7.58. The third kappa shape index (κ3) is 4.06. The highest BCUT2D eigenvalue weighted by molar-refractivity contribution is 5.70. The lowest BCUT2D eigenvalue weighted by molar-refractivity contribution is 0.243. The summed E-state index contributed by atoms with van der Waals surface area (Å²) in [7, 11) is 3.88. The van der Waals surface area contributed by atoms with E-state index < -0.39 is 0 Å². The first-order valence-electron chi connectivity index (χ1n) is 8.63. The Hall–Kier alpha value is -2.07. The second-order valence-corrected chi connectivity index (χ2v) is 6.29. The highest BCUT2D eigenvalue weighted by Crippen LogP contribution is 2.33. The van der Waals surface area contributed by atoms with Crippen LogP contribution in [0.25, 0.3) is 11.3 Å². The summed E-state index contributed by atoms with van der Waals surface area (Å²) in [6.07, 6.45) is 2.11. The van der Waals surface area contributed by atoms with Crippen LogP contribution >= 0.6 is 0 Å². The average Bonchev–Trinajstić information content (AvgIpc) is 2.60. The van der Waals surface area contributed by atoms with Crippen molar-refractivity contribution in [3.8, 4) is 17.0 Å². The summed E-state index contributed by atoms with van der Waals surface area (Å²) in [6, 6.07) is 10.6. The standard InChI is InChI=1S/C20H29N3O/c1-6-14(3)23(4)13-16-12-19(24-5)17(11-15(16)7-2)18-9-8-10-20(21)22-18/h8-12,14H,6-7,13H2,1-5H3,(H2,21,22). The van der Waals surface area contributed by atoms with Crippen molar-refractivity contribution >= 4 is 5.82 Å². The first-order chi connectivity index (χ1) is 11.5. The highest BCUT2D eigenvalue weighted by Gasteiger charge is 2.15. The van der Waals surface area contributed by atoms with Crippen LogP contribution in [0.3, 0.4) is 0 Å². The Bertz CT molecular complexity index is 685. The highest BCUT2D eigenvalue weighted by atomic mass is 16.5. The van der Waals surface area contributed by atoms with Gasteiger partial charge in [-0.1, -0.05) is 19.9 Å². The van der Waals surface area contributed by atoms with Crippen LogP contribution in [-0.2, 0) is 13.0 Å². The van der Waals surface area contributed by atoms with Crippen LogP contribution in [-0.4, -0.2) is 30.1 Å². The molecule has 1 aromatic carbocycles. The first-order valence-corrected chi connectivity index (χ1v) is 8.63. The molecular formula is C20H29N3O. The van der Waals surface area contributed by atoms with Crippen molar-refractivity contribution in [2.75, 3.05) is 19.9 Å². The Morgan fingerprint density at radius 3 is 2.54 bits per heavy atom. The van der Waals surface area contributed by atoms with Crippen molar-refractivity contribution in [1.82, 2.24) is 9.88 Å². The van der Waals surface area contributed by atoms with Gasteiger partial charge in [0.1, 0.15) is 11.6 Å². The monoisotopic (exact) mass is 327 g/mol. The lowest BCUT2D eigenvalue weighted by atomic mass is 9.98. The van der Waals surface area contributed by atoms with Gasteiger partial charge in [-0.05, 0) is 62.2 Å². The molecule has 1 aromatic heterocycles. The van der Waals surface area contributed by atoms with Gasteiger partial charge in [-0.25, -0.2) is 4.98 Å². The zero-order valence-electron chi connectivity index (χ0n) is 15.5. The van der Waals surface area contributed by atoms with Gasteiger partial charge in [0.15, 0.2) is 0 Å². The van der Waals surface area contributed by atoms with Crippen LogP contribution < -0.4 is 10.5 Å². The number of hydrogen-bond acceptors (Lipinski definition) is 4. The van der Waals surface area contributed by atoms with Crippen molar-refractivity contribution < 1.29 is 4.74 Å². The maximum Gasteiger partial charge on any atom is 0.128 e. The summed E-state index contributed by atoms with van der Waals surface area (Å²) in [5.41, 5.74) is 10.3. The fourth-order valence-corrected chi connectivity index (χ4v) is 2.85. The zero-order chi connectivity index (χ0) is 17.7. The second-order valence-electron chi connectivity index (χ2n) is 6.29. The number of aryl methyl sites for hydroxylation is 1. The molecule has 1 heterocycles. The maximum absolute atomic E-state index is 5.84. The predicted molar refractivity (Wildman–Crippen MR) is 101 cm³/mol. The molecule has 24 heavy (non-hydrogen) atoms. The van der Waals surface area contributed by atoms with E-state index in [1.54, 1.807) is 13.2 Å². The van der Waals surface area contributed by atoms with Crippen molar-refractivity contribution in [1.29, 1.82) is 0 Å². The lowest BCUT2D eigenvalue weighted by Crippen LogP contribution is -2.28. The summed E-state index contributed by atoms with van der Waals surface area (Å²) < 4.78 is 5.65. The molecular weight excluding hydrogens is 298 g/mol. The number of nitrogens with two attached hydrogens (primary N) is 1. The smallest absolute Gasteiger partial charge is 0.128 e. The molecule has 0 bridgehead atoms. The SMILES string of the molecule is CCc1cc(-c2cccc(N)n2)c(OC)cc1CN(C)C(C)CC. The lowest BCUT2D eigenvalue weighted by Gasteiger charge is -2.25. The number of nitrogens with zero attached hydrogens (tertiary/aromatic N) is 2. The van der Waals surface area contributed by atoms with Gasteiger partial charge in [0.25, 0.3) is 0 Å². The van der Waals surface area contributed by atoms with E-state index in [1.807, 2.05) is 12.1 Å². The van der Waals surface area contributed by atoms with E-state index in [0.29, 0.717) is 11.9 Å². The minimum Gasteiger partial charge on any atom is -0.496 e. The Balaban J connectivity index is 2.45. The predicted octanol–water partition coefficient (Wildman–Crippen LogP) is 4.13. The van der Waals surface area contributed by atoms with Gasteiger partial charge >= 0.3 is 0 Å². The van der Waals surface area contributed by atoms with Crippen molar-refractivity contribution in [2.24, 2.45) is 0 Å². The molecule has 2 aromatic rings. The van der Waals surface area contributed by atoms with E-state index in [4.69, 9.17) is 10.5 Å². The molecule has 4 heteroatoms. The molecule has 0 aliphatic heterocycles. The van der Waals surface area contributed by atoms with E-state index in [2.05, 4.69) is 49.8 Å². The van der Waals surface area contributed by atoms with E-state index in [0.717, 1.165) is 36.4 Å². The normalized spacial score (nSPS) is 12.4. The summed E-state index contributed by atoms with van der Waals surface area (Å²) in [4.78, 5) is 6.83. The van der Waals surface area contributed by atoms with Crippen LogP contribution in [0.5, 0.6) is 5.75 Å². The molecule has 0 radical (unpaired) electrons.